The average molecular weight is 302 g/mol. The van der Waals surface area contributed by atoms with Crippen molar-refractivity contribution >= 4 is 44.9 Å². The van der Waals surface area contributed by atoms with E-state index in [0.29, 0.717) is 4.58 Å². The van der Waals surface area contributed by atoms with E-state index in [1.807, 2.05) is 29.6 Å². The third-order valence-corrected chi connectivity index (χ3v) is 6.60. The Balaban J connectivity index is 1.62. The second kappa shape index (κ2) is 4.81. The zero-order valence-corrected chi connectivity index (χ0v) is 12.3. The lowest BCUT2D eigenvalue weighted by atomic mass is 10.2. The molecular weight excluding hydrogens is 292 g/mol. The van der Waals surface area contributed by atoms with Crippen LogP contribution in [0.15, 0.2) is 57.8 Å². The Labute approximate surface area is 124 Å². The summed E-state index contributed by atoms with van der Waals surface area (Å²) in [5, 5.41) is 4.36. The number of fused-ring (bicyclic) bond motifs is 1. The predicted molar refractivity (Wildman–Crippen MR) is 86.6 cm³/mol. The summed E-state index contributed by atoms with van der Waals surface area (Å²) in [7, 11) is 0. The van der Waals surface area contributed by atoms with Gasteiger partial charge in [0.15, 0.2) is 6.17 Å². The van der Waals surface area contributed by atoms with Gasteiger partial charge in [-0.2, -0.15) is 0 Å². The third kappa shape index (κ3) is 2.16. The molecule has 3 heterocycles. The molecule has 0 amide bonds. The van der Waals surface area contributed by atoms with E-state index in [-0.39, 0.29) is 6.17 Å². The van der Waals surface area contributed by atoms with Gasteiger partial charge in [-0.3, -0.25) is 0 Å². The molecule has 2 aromatic rings. The SMILES string of the molecule is c1ccc(C2=N[C@H]3N=C(c4cccs4)S[C@@H]3S2)cc1. The summed E-state index contributed by atoms with van der Waals surface area (Å²) in [6.07, 6.45) is 0.0855. The molecular formula is C14H10N2S3. The van der Waals surface area contributed by atoms with Crippen molar-refractivity contribution in [3.63, 3.8) is 0 Å². The lowest BCUT2D eigenvalue weighted by molar-refractivity contribution is 0.809. The molecule has 0 aliphatic carbocycles. The maximum Gasteiger partial charge on any atom is 0.163 e. The first-order valence-corrected chi connectivity index (χ1v) is 8.62. The van der Waals surface area contributed by atoms with Crippen LogP contribution in [0.3, 0.4) is 0 Å². The Morgan fingerprint density at radius 1 is 0.842 bits per heavy atom. The first-order chi connectivity index (χ1) is 9.40. The van der Waals surface area contributed by atoms with Crippen molar-refractivity contribution in [3.8, 4) is 0 Å². The van der Waals surface area contributed by atoms with Crippen LogP contribution in [-0.2, 0) is 0 Å². The molecule has 0 fully saturated rings. The summed E-state index contributed by atoms with van der Waals surface area (Å²) >= 11 is 5.43. The standard InChI is InChI=1S/C14H10N2S3/c1-2-5-9(6-3-1)12-15-11-14(18-12)19-13(16-11)10-7-4-8-17-10/h1-8,11,14H/t11-,14-/m0/s1. The van der Waals surface area contributed by atoms with E-state index < -0.39 is 0 Å². The molecule has 0 saturated carbocycles. The van der Waals surface area contributed by atoms with E-state index >= 15 is 0 Å². The van der Waals surface area contributed by atoms with Gasteiger partial charge in [0.05, 0.1) is 4.88 Å². The second-order valence-electron chi connectivity index (χ2n) is 4.23. The van der Waals surface area contributed by atoms with Gasteiger partial charge >= 0.3 is 0 Å². The molecule has 4 rings (SSSR count). The summed E-state index contributed by atoms with van der Waals surface area (Å²) in [5.74, 6) is 0. The zero-order valence-electron chi connectivity index (χ0n) is 9.89. The van der Waals surface area contributed by atoms with E-state index in [0.717, 1.165) is 10.1 Å². The van der Waals surface area contributed by atoms with Crippen LogP contribution in [0.2, 0.25) is 0 Å². The molecule has 1 aromatic carbocycles. The van der Waals surface area contributed by atoms with E-state index in [1.165, 1.54) is 10.4 Å². The lowest BCUT2D eigenvalue weighted by Crippen LogP contribution is -2.03. The van der Waals surface area contributed by atoms with Crippen molar-refractivity contribution in [3.05, 3.63) is 58.3 Å². The van der Waals surface area contributed by atoms with Gasteiger partial charge in [0.25, 0.3) is 0 Å². The van der Waals surface area contributed by atoms with Gasteiger partial charge in [-0.15, -0.1) is 11.3 Å². The zero-order chi connectivity index (χ0) is 12.7. The van der Waals surface area contributed by atoms with Crippen molar-refractivity contribution in [1.29, 1.82) is 0 Å². The Morgan fingerprint density at radius 2 is 1.63 bits per heavy atom. The minimum atomic E-state index is 0.0855. The summed E-state index contributed by atoms with van der Waals surface area (Å²) in [4.78, 5) is 10.8. The van der Waals surface area contributed by atoms with Gasteiger partial charge in [0, 0.05) is 5.56 Å². The van der Waals surface area contributed by atoms with E-state index in [4.69, 9.17) is 9.98 Å². The topological polar surface area (TPSA) is 24.7 Å². The fraction of sp³-hybridized carbons (Fsp3) is 0.143. The number of thioether (sulfide) groups is 2. The van der Waals surface area contributed by atoms with Gasteiger partial charge in [-0.05, 0) is 11.4 Å². The summed E-state index contributed by atoms with van der Waals surface area (Å²) < 4.78 is 0.410. The smallest absolute Gasteiger partial charge is 0.163 e. The number of aliphatic imine (C=N–C) groups is 2. The molecule has 94 valence electrons. The average Bonchev–Trinajstić information content (AvgIpc) is 3.14. The van der Waals surface area contributed by atoms with Crippen LogP contribution >= 0.6 is 34.9 Å². The molecule has 0 bridgehead atoms. The molecule has 2 atom stereocenters. The van der Waals surface area contributed by atoms with Gasteiger partial charge in [0.1, 0.15) is 14.7 Å². The van der Waals surface area contributed by atoms with Crippen molar-refractivity contribution in [2.75, 3.05) is 0 Å². The maximum absolute atomic E-state index is 4.76. The number of thiophene rings is 1. The third-order valence-electron chi connectivity index (χ3n) is 2.95. The second-order valence-corrected chi connectivity index (χ2v) is 7.74. The molecule has 0 radical (unpaired) electrons. The highest BCUT2D eigenvalue weighted by atomic mass is 32.2. The van der Waals surface area contributed by atoms with Crippen LogP contribution in [0.1, 0.15) is 10.4 Å². The van der Waals surface area contributed by atoms with Crippen LogP contribution in [0.5, 0.6) is 0 Å². The Kier molecular flexibility index (Phi) is 2.98. The molecule has 1 aromatic heterocycles. The van der Waals surface area contributed by atoms with Crippen molar-refractivity contribution in [2.45, 2.75) is 10.7 Å². The van der Waals surface area contributed by atoms with Crippen molar-refractivity contribution in [1.82, 2.24) is 0 Å². The lowest BCUT2D eigenvalue weighted by Gasteiger charge is -2.03. The van der Waals surface area contributed by atoms with Crippen LogP contribution in [0.4, 0.5) is 0 Å². The molecule has 0 saturated heterocycles. The molecule has 19 heavy (non-hydrogen) atoms. The fourth-order valence-electron chi connectivity index (χ4n) is 2.06. The minimum Gasteiger partial charge on any atom is -0.249 e. The largest absolute Gasteiger partial charge is 0.249 e. The summed E-state index contributed by atoms with van der Waals surface area (Å²) in [6.45, 7) is 0. The Morgan fingerprint density at radius 3 is 2.37 bits per heavy atom. The van der Waals surface area contributed by atoms with E-state index in [1.54, 1.807) is 11.3 Å². The van der Waals surface area contributed by atoms with E-state index in [9.17, 15) is 0 Å². The number of hydrogen-bond acceptors (Lipinski definition) is 5. The first-order valence-electron chi connectivity index (χ1n) is 5.98. The normalized spacial score (nSPS) is 25.1. The predicted octanol–water partition coefficient (Wildman–Crippen LogP) is 4.09. The first kappa shape index (κ1) is 11.8. The quantitative estimate of drug-likeness (QED) is 0.834. The Hall–Kier alpha value is -1.04. The molecule has 2 aliphatic heterocycles. The minimum absolute atomic E-state index is 0.0855. The molecule has 2 aliphatic rings. The highest BCUT2D eigenvalue weighted by Crippen LogP contribution is 2.44. The van der Waals surface area contributed by atoms with Gasteiger partial charge in [0.2, 0.25) is 0 Å². The summed E-state index contributed by atoms with van der Waals surface area (Å²) in [5.41, 5.74) is 1.20. The number of rotatable bonds is 2. The number of benzene rings is 1. The van der Waals surface area contributed by atoms with Gasteiger partial charge in [-0.25, -0.2) is 9.98 Å². The fourth-order valence-corrected chi connectivity index (χ4v) is 5.43. The van der Waals surface area contributed by atoms with Crippen LogP contribution in [0.25, 0.3) is 0 Å². The number of nitrogens with zero attached hydrogens (tertiary/aromatic N) is 2. The highest BCUT2D eigenvalue weighted by Gasteiger charge is 2.37. The van der Waals surface area contributed by atoms with Crippen LogP contribution in [0, 0.1) is 0 Å². The van der Waals surface area contributed by atoms with Crippen molar-refractivity contribution in [2.24, 2.45) is 9.98 Å². The molecule has 0 spiro atoms. The molecule has 0 N–H and O–H groups in total. The summed E-state index contributed by atoms with van der Waals surface area (Å²) in [6, 6.07) is 14.6. The molecule has 5 heteroatoms. The maximum atomic E-state index is 4.76. The van der Waals surface area contributed by atoms with Gasteiger partial charge in [-0.1, -0.05) is 59.9 Å². The van der Waals surface area contributed by atoms with Gasteiger partial charge < -0.3 is 0 Å². The van der Waals surface area contributed by atoms with Crippen LogP contribution in [-0.4, -0.2) is 20.8 Å². The number of hydrogen-bond donors (Lipinski definition) is 0. The monoisotopic (exact) mass is 302 g/mol. The Bertz CT molecular complexity index is 647. The highest BCUT2D eigenvalue weighted by molar-refractivity contribution is 8.31. The molecule has 0 unspecified atom stereocenters. The van der Waals surface area contributed by atoms with E-state index in [2.05, 4.69) is 41.8 Å². The van der Waals surface area contributed by atoms with Crippen molar-refractivity contribution < 1.29 is 0 Å². The van der Waals surface area contributed by atoms with Crippen LogP contribution < -0.4 is 0 Å². The molecule has 2 nitrogen and oxygen atoms in total.